The van der Waals surface area contributed by atoms with E-state index in [0.717, 1.165) is 5.39 Å². The number of benzene rings is 12. The van der Waals surface area contributed by atoms with Crippen molar-refractivity contribution in [3.8, 4) is 73.2 Å². The Labute approximate surface area is 566 Å². The number of ether oxygens (including phenoxy) is 1. The monoisotopic (exact) mass is 1190 g/mol. The maximum Gasteiger partial charge on any atom is 0.269 e. The van der Waals surface area contributed by atoms with E-state index in [1.165, 1.54) is 29.0 Å². The lowest BCUT2D eigenvalue weighted by molar-refractivity contribution is -0.571. The van der Waals surface area contributed by atoms with Gasteiger partial charge in [-0.25, -0.2) is 4.98 Å². The Morgan fingerprint density at radius 2 is 1.06 bits per heavy atom. The second-order valence-corrected chi connectivity index (χ2v) is 25.2. The Morgan fingerprint density at radius 1 is 0.472 bits per heavy atom. The van der Waals surface area contributed by atoms with Gasteiger partial charge in [-0.05, 0) is 138 Å². The van der Waals surface area contributed by atoms with Gasteiger partial charge in [-0.1, -0.05) is 269 Å². The highest BCUT2D eigenvalue weighted by Gasteiger charge is 2.41. The first-order valence-electron chi connectivity index (χ1n) is 44.0. The number of hydrogen-bond acceptors (Lipinski definition) is 2. The molecule has 89 heavy (non-hydrogen) atoms. The van der Waals surface area contributed by atoms with Gasteiger partial charge in [0.05, 0.1) is 73.2 Å². The smallest absolute Gasteiger partial charge is 0.269 e. The molecule has 12 aromatic carbocycles. The zero-order valence-corrected chi connectivity index (χ0v) is 48.5. The molecule has 0 bridgehead atoms. The first kappa shape index (κ1) is 30.1. The van der Waals surface area contributed by atoms with Crippen LogP contribution in [0.25, 0.3) is 94.5 Å². The molecule has 0 fully saturated rings. The van der Waals surface area contributed by atoms with Gasteiger partial charge >= 0.3 is 0 Å². The van der Waals surface area contributed by atoms with Crippen LogP contribution < -0.4 is 30.1 Å². The second kappa shape index (κ2) is 22.7. The van der Waals surface area contributed by atoms with Gasteiger partial charge in [-0.2, -0.15) is 0 Å². The van der Waals surface area contributed by atoms with Crippen LogP contribution in [0.5, 0.6) is 11.5 Å². The lowest BCUT2D eigenvalue weighted by Crippen LogP contribution is -2.74. The highest BCUT2D eigenvalue weighted by atomic mass is 28.3. The van der Waals surface area contributed by atoms with E-state index in [4.69, 9.17) is 28.9 Å². The first-order chi connectivity index (χ1) is 56.9. The topological polar surface area (TPSA) is 35.9 Å². The second-order valence-electron chi connectivity index (χ2n) is 21.7. The van der Waals surface area contributed by atoms with Crippen LogP contribution in [-0.2, 0) is 5.41 Å². The molecule has 0 unspecified atom stereocenters. The Morgan fingerprint density at radius 3 is 1.74 bits per heavy atom. The number of rotatable bonds is 13. The Hall–Kier alpha value is -10.9. The average Bonchev–Trinajstić information content (AvgIpc) is 1.58. The van der Waals surface area contributed by atoms with E-state index in [0.29, 0.717) is 38.8 Å². The van der Waals surface area contributed by atoms with Crippen molar-refractivity contribution in [1.82, 2.24) is 14.1 Å². The van der Waals surface area contributed by atoms with Crippen molar-refractivity contribution in [3.63, 3.8) is 0 Å². The van der Waals surface area contributed by atoms with Crippen LogP contribution in [0.4, 0.5) is 0 Å². The maximum atomic E-state index is 11.2. The summed E-state index contributed by atoms with van der Waals surface area (Å²) in [5, 5.41) is -3.00. The van der Waals surface area contributed by atoms with Crippen molar-refractivity contribution in [2.24, 2.45) is 0 Å². The van der Waals surface area contributed by atoms with Gasteiger partial charge in [-0.15, -0.1) is 0 Å². The Bertz CT molecular complexity index is 6740. The van der Waals surface area contributed by atoms with Gasteiger partial charge in [0, 0.05) is 32.7 Å². The summed E-state index contributed by atoms with van der Waals surface area (Å²) in [7, 11) is -6.52. The summed E-state index contributed by atoms with van der Waals surface area (Å²) in [4.78, 5) is 4.71. The highest BCUT2D eigenvalue weighted by molar-refractivity contribution is 7.19. The molecule has 0 radical (unpaired) electrons. The van der Waals surface area contributed by atoms with E-state index in [2.05, 4.69) is 6.33 Å². The molecular formula is C83H64N4OSi. The average molecular weight is 1190 g/mol. The summed E-state index contributed by atoms with van der Waals surface area (Å²) in [5.41, 5.74) is -0.422. The molecule has 0 atom stereocenters. The summed E-state index contributed by atoms with van der Waals surface area (Å²) >= 11 is 0. The molecule has 6 heteroatoms. The first-order valence-corrected chi connectivity index (χ1v) is 30.0. The van der Waals surface area contributed by atoms with Crippen LogP contribution in [-0.4, -0.2) is 22.2 Å². The molecule has 0 aliphatic heterocycles. The molecule has 0 aliphatic carbocycles. The predicted molar refractivity (Wildman–Crippen MR) is 371 cm³/mol. The van der Waals surface area contributed by atoms with Crippen LogP contribution >= 0.6 is 0 Å². The van der Waals surface area contributed by atoms with Crippen molar-refractivity contribution in [2.75, 3.05) is 0 Å². The number of hydrogen-bond donors (Lipinski definition) is 0. The fourth-order valence-corrected chi connectivity index (χ4v) is 14.9. The normalized spacial score (nSPS) is 17.0. The molecule has 15 aromatic rings. The predicted octanol–water partition coefficient (Wildman–Crippen LogP) is 17.6. The van der Waals surface area contributed by atoms with Gasteiger partial charge in [0.2, 0.25) is 0 Å². The minimum atomic E-state index is -6.52. The van der Waals surface area contributed by atoms with Crippen LogP contribution in [0, 0.1) is 13.2 Å². The lowest BCUT2D eigenvalue weighted by atomic mass is 9.84. The number of aromatic nitrogens is 4. The van der Waals surface area contributed by atoms with E-state index < -0.39 is 233 Å². The summed E-state index contributed by atoms with van der Waals surface area (Å²) in [6, 6.07) is 7.47. The summed E-state index contributed by atoms with van der Waals surface area (Å²) < 4.78 is 310. The molecule has 0 N–H and O–H groups in total. The molecule has 3 aromatic heterocycles. The standard InChI is InChI=1S/C83H64N4OSi/c1-58-49-81(84-56-76(58)60-29-12-6-13-30-60)87-77-44-21-20-43-72(77)73-48-47-67(55-80(73)87)88-66-35-26-34-65(54-66)85-57-86(79-46-23-22-45-78(79)85)82-74(61-31-24-33-64(50-61)83(2,3)4)52-63(59-27-10-5-11-28-59)53-75(82)62-32-25-42-71(51-62)89(68-36-14-7-15-37-68,69-38-16-8-17-39-69)70-40-18-9-19-41-70/h5-56H,1-4H3/i1D3,5D,6D,7D,8D,9D,10D,11D,12D,13D,14D,15D,16D,17D,18D,19D,25D,27D,28D,29D,30D,32D,36D,37D,38D,39D,40D,41D,42D,51D. The maximum absolute atomic E-state index is 11.2. The van der Waals surface area contributed by atoms with Gasteiger partial charge in [0.1, 0.15) is 17.3 Å². The van der Waals surface area contributed by atoms with Gasteiger partial charge in [0.25, 0.3) is 6.33 Å². The number of aryl methyl sites for hydroxylation is 1. The number of pyridine rings is 1. The molecule has 0 amide bonds. The van der Waals surface area contributed by atoms with Crippen molar-refractivity contribution in [2.45, 2.75) is 33.0 Å². The quantitative estimate of drug-likeness (QED) is 0.0499. The molecule has 3 heterocycles. The van der Waals surface area contributed by atoms with Gasteiger partial charge in [0.15, 0.2) is 8.07 Å². The molecule has 5 nitrogen and oxygen atoms in total. The van der Waals surface area contributed by atoms with Crippen molar-refractivity contribution >= 4 is 61.7 Å². The van der Waals surface area contributed by atoms with E-state index >= 15 is 0 Å². The third-order valence-corrected chi connectivity index (χ3v) is 19.5. The van der Waals surface area contributed by atoms with E-state index in [1.54, 1.807) is 106 Å². The van der Waals surface area contributed by atoms with E-state index in [9.17, 15) is 24.7 Å². The number of nitrogens with zero attached hydrogens (tertiary/aromatic N) is 4. The molecule has 0 saturated carbocycles. The van der Waals surface area contributed by atoms with E-state index in [-0.39, 0.29) is 56.3 Å². The summed E-state index contributed by atoms with van der Waals surface area (Å²) in [6.07, 6.45) is 4.65. The summed E-state index contributed by atoms with van der Waals surface area (Å²) in [6.45, 7) is 2.88. The third kappa shape index (κ3) is 9.94. The van der Waals surface area contributed by atoms with Crippen LogP contribution in [0.15, 0.2) is 315 Å². The number of imidazole rings is 1. The molecule has 0 aliphatic rings. The molecule has 15 rings (SSSR count). The molecular weight excluding hydrogens is 1100 g/mol. The Kier molecular flexibility index (Phi) is 7.70. The fourth-order valence-electron chi connectivity index (χ4n) is 11.4. The fraction of sp³-hybridized carbons (Fsp3) is 0.0602. The molecule has 0 spiro atoms. The van der Waals surface area contributed by atoms with Crippen LogP contribution in [0.1, 0.15) is 75.8 Å². The zero-order valence-electron chi connectivity index (χ0n) is 79.5. The third-order valence-electron chi connectivity index (χ3n) is 15.5. The Balaban J connectivity index is 1.03. The molecule has 426 valence electrons. The van der Waals surface area contributed by atoms with Crippen molar-refractivity contribution < 1.29 is 53.2 Å². The summed E-state index contributed by atoms with van der Waals surface area (Å²) in [5.74, 6) is 0.536. The van der Waals surface area contributed by atoms with Crippen molar-refractivity contribution in [3.05, 3.63) is 332 Å². The minimum Gasteiger partial charge on any atom is -0.458 e. The highest BCUT2D eigenvalue weighted by Crippen LogP contribution is 2.41. The zero-order chi connectivity index (χ0) is 87.8. The van der Waals surface area contributed by atoms with Crippen LogP contribution in [0.2, 0.25) is 0 Å². The van der Waals surface area contributed by atoms with Gasteiger partial charge in [-0.3, -0.25) is 13.7 Å². The largest absolute Gasteiger partial charge is 0.458 e. The lowest BCUT2D eigenvalue weighted by Gasteiger charge is -2.34. The minimum absolute atomic E-state index is 0.0708. The van der Waals surface area contributed by atoms with Crippen LogP contribution in [0.3, 0.4) is 0 Å². The number of para-hydroxylation sites is 3. The number of fused-ring (bicyclic) bond motifs is 4. The SMILES string of the molecule is [2H]c1c([2H])c([2H])c(-c2cc(-c3cccc(C(C)(C)C)c3)c(-[n+]3[c-]n(-c4cccc(Oc5ccc6c7ccccc7n(-c7cc(C([2H])([2H])[2H])c(-c8c([2H])c([2H])c([2H])c([2H])c8[2H])cn7)c6c5)c4)c4ccccc43)c(-c3c([2H])c([2H])c([2H])c([Si](c4c([2H])c([2H])c([2H])c([2H])c4[2H])(c4c([2H])c([2H])c([2H])c([2H])c4[2H])c4c([2H])c([2H])c([2H])c([2H])c4[2H])c3[2H])c2)c([2H])c1[2H]. The van der Waals surface area contributed by atoms with E-state index in [1.807, 2.05) is 39.0 Å². The van der Waals surface area contributed by atoms with Crippen molar-refractivity contribution in [1.29, 1.82) is 0 Å². The van der Waals surface area contributed by atoms with Gasteiger partial charge < -0.3 is 4.74 Å². The molecule has 0 saturated heterocycles.